The lowest BCUT2D eigenvalue weighted by Gasteiger charge is -2.53. The Kier molecular flexibility index (Phi) is 3.13. The van der Waals surface area contributed by atoms with Gasteiger partial charge < -0.3 is 0 Å². The fourth-order valence-corrected chi connectivity index (χ4v) is 6.12. The zero-order valence-corrected chi connectivity index (χ0v) is 12.9. The summed E-state index contributed by atoms with van der Waals surface area (Å²) in [5.41, 5.74) is 2.27. The summed E-state index contributed by atoms with van der Waals surface area (Å²) in [6.07, 6.45) is 11.8. The SMILES string of the molecule is C[C@]12C/C(=C\F)[C@H]3[C@@H](CCC4=CCCC[C@@H]43)[C@@H]1CCC2=O. The third-order valence-electron chi connectivity index (χ3n) is 7.06. The smallest absolute Gasteiger partial charge is 0.139 e. The van der Waals surface area contributed by atoms with Gasteiger partial charge in [0, 0.05) is 11.8 Å². The summed E-state index contributed by atoms with van der Waals surface area (Å²) in [4.78, 5) is 12.4. The van der Waals surface area contributed by atoms with Gasteiger partial charge in [-0.15, -0.1) is 0 Å². The van der Waals surface area contributed by atoms with E-state index in [2.05, 4.69) is 13.0 Å². The van der Waals surface area contributed by atoms with Gasteiger partial charge in [0.2, 0.25) is 0 Å². The zero-order valence-electron chi connectivity index (χ0n) is 12.9. The van der Waals surface area contributed by atoms with E-state index in [9.17, 15) is 9.18 Å². The lowest BCUT2D eigenvalue weighted by Crippen LogP contribution is -2.47. The number of allylic oxidation sites excluding steroid dienone is 3. The highest BCUT2D eigenvalue weighted by Crippen LogP contribution is 2.62. The van der Waals surface area contributed by atoms with Gasteiger partial charge in [0.15, 0.2) is 0 Å². The van der Waals surface area contributed by atoms with Crippen molar-refractivity contribution in [2.45, 2.75) is 58.3 Å². The molecule has 4 aliphatic rings. The first-order valence-electron chi connectivity index (χ1n) is 8.66. The number of rotatable bonds is 0. The Balaban J connectivity index is 1.75. The molecule has 0 aromatic carbocycles. The van der Waals surface area contributed by atoms with Crippen LogP contribution < -0.4 is 0 Å². The molecule has 0 amide bonds. The van der Waals surface area contributed by atoms with Crippen molar-refractivity contribution in [1.82, 2.24) is 0 Å². The molecule has 21 heavy (non-hydrogen) atoms. The minimum Gasteiger partial charge on any atom is -0.299 e. The highest BCUT2D eigenvalue weighted by Gasteiger charge is 2.57. The molecule has 0 saturated heterocycles. The maximum absolute atomic E-state index is 13.7. The largest absolute Gasteiger partial charge is 0.299 e. The maximum Gasteiger partial charge on any atom is 0.139 e. The van der Waals surface area contributed by atoms with Crippen molar-refractivity contribution in [3.63, 3.8) is 0 Å². The minimum atomic E-state index is -0.269. The molecule has 0 heterocycles. The zero-order chi connectivity index (χ0) is 14.6. The lowest BCUT2D eigenvalue weighted by atomic mass is 9.51. The number of hydrogen-bond acceptors (Lipinski definition) is 1. The topological polar surface area (TPSA) is 17.1 Å². The van der Waals surface area contributed by atoms with Crippen molar-refractivity contribution < 1.29 is 9.18 Å². The van der Waals surface area contributed by atoms with Gasteiger partial charge in [-0.3, -0.25) is 4.79 Å². The fourth-order valence-electron chi connectivity index (χ4n) is 6.12. The van der Waals surface area contributed by atoms with Crippen LogP contribution in [0.15, 0.2) is 23.6 Å². The van der Waals surface area contributed by atoms with E-state index in [1.54, 1.807) is 5.57 Å². The molecule has 0 aromatic heterocycles. The molecule has 0 bridgehead atoms. The molecule has 4 rings (SSSR count). The molecule has 0 spiro atoms. The summed E-state index contributed by atoms with van der Waals surface area (Å²) >= 11 is 0. The highest BCUT2D eigenvalue weighted by molar-refractivity contribution is 5.87. The van der Waals surface area contributed by atoms with Crippen molar-refractivity contribution in [3.05, 3.63) is 23.6 Å². The Morgan fingerprint density at radius 1 is 1.29 bits per heavy atom. The van der Waals surface area contributed by atoms with Gasteiger partial charge in [-0.1, -0.05) is 18.6 Å². The van der Waals surface area contributed by atoms with Gasteiger partial charge in [0.05, 0.1) is 6.33 Å². The summed E-state index contributed by atoms with van der Waals surface area (Å²) in [5.74, 6) is 2.38. The van der Waals surface area contributed by atoms with Crippen molar-refractivity contribution in [3.8, 4) is 0 Å². The molecule has 4 aliphatic carbocycles. The van der Waals surface area contributed by atoms with E-state index in [-0.39, 0.29) is 5.41 Å². The average molecular weight is 288 g/mol. The molecule has 2 heteroatoms. The number of hydrogen-bond donors (Lipinski definition) is 0. The Morgan fingerprint density at radius 3 is 2.95 bits per heavy atom. The molecule has 5 atom stereocenters. The molecule has 0 unspecified atom stereocenters. The van der Waals surface area contributed by atoms with E-state index in [4.69, 9.17) is 0 Å². The van der Waals surface area contributed by atoms with E-state index in [0.717, 1.165) is 31.2 Å². The molecule has 0 radical (unpaired) electrons. The molecule has 0 N–H and O–H groups in total. The van der Waals surface area contributed by atoms with Crippen LogP contribution in [0.3, 0.4) is 0 Å². The highest BCUT2D eigenvalue weighted by atomic mass is 19.1. The molecule has 114 valence electrons. The Hall–Kier alpha value is -0.920. The molecule has 1 nitrogen and oxygen atoms in total. The van der Waals surface area contributed by atoms with Crippen LogP contribution in [-0.4, -0.2) is 5.78 Å². The quantitative estimate of drug-likeness (QED) is 0.574. The van der Waals surface area contributed by atoms with Crippen molar-refractivity contribution >= 4 is 5.78 Å². The van der Waals surface area contributed by atoms with Gasteiger partial charge >= 0.3 is 0 Å². The normalized spacial score (nSPS) is 47.6. The van der Waals surface area contributed by atoms with Crippen LogP contribution in [0.4, 0.5) is 4.39 Å². The van der Waals surface area contributed by atoms with E-state index in [1.165, 1.54) is 25.7 Å². The van der Waals surface area contributed by atoms with Crippen LogP contribution in [0.25, 0.3) is 0 Å². The van der Waals surface area contributed by atoms with E-state index < -0.39 is 0 Å². The first kappa shape index (κ1) is 13.7. The summed E-state index contributed by atoms with van der Waals surface area (Å²) in [6, 6.07) is 0. The lowest BCUT2D eigenvalue weighted by molar-refractivity contribution is -0.129. The third kappa shape index (κ3) is 1.83. The van der Waals surface area contributed by atoms with Gasteiger partial charge in [-0.05, 0) is 74.2 Å². The van der Waals surface area contributed by atoms with E-state index >= 15 is 0 Å². The average Bonchev–Trinajstić information content (AvgIpc) is 2.81. The van der Waals surface area contributed by atoms with Crippen molar-refractivity contribution in [1.29, 1.82) is 0 Å². The molecular weight excluding hydrogens is 263 g/mol. The van der Waals surface area contributed by atoms with Crippen LogP contribution in [-0.2, 0) is 4.79 Å². The van der Waals surface area contributed by atoms with Crippen LogP contribution in [0, 0.1) is 29.1 Å². The second-order valence-corrected chi connectivity index (χ2v) is 7.89. The molecule has 3 fully saturated rings. The molecule has 0 aliphatic heterocycles. The number of carbonyl (C=O) groups is 1. The molecular formula is C19H25FO. The van der Waals surface area contributed by atoms with Crippen LogP contribution in [0.5, 0.6) is 0 Å². The van der Waals surface area contributed by atoms with Crippen molar-refractivity contribution in [2.24, 2.45) is 29.1 Å². The van der Waals surface area contributed by atoms with Gasteiger partial charge in [0.1, 0.15) is 5.78 Å². The van der Waals surface area contributed by atoms with Gasteiger partial charge in [0.25, 0.3) is 0 Å². The van der Waals surface area contributed by atoms with E-state index in [0.29, 0.717) is 35.9 Å². The Bertz CT molecular complexity index is 532. The third-order valence-corrected chi connectivity index (χ3v) is 7.06. The van der Waals surface area contributed by atoms with Crippen LogP contribution in [0.1, 0.15) is 58.3 Å². The summed E-state index contributed by atoms with van der Waals surface area (Å²) in [7, 11) is 0. The monoisotopic (exact) mass is 288 g/mol. The van der Waals surface area contributed by atoms with E-state index in [1.807, 2.05) is 0 Å². The summed E-state index contributed by atoms with van der Waals surface area (Å²) in [5, 5.41) is 0. The number of halogens is 1. The first-order chi connectivity index (χ1) is 10.1. The van der Waals surface area contributed by atoms with Crippen LogP contribution >= 0.6 is 0 Å². The maximum atomic E-state index is 13.7. The fraction of sp³-hybridized carbons (Fsp3) is 0.737. The molecule has 3 saturated carbocycles. The Morgan fingerprint density at radius 2 is 2.14 bits per heavy atom. The second kappa shape index (κ2) is 4.79. The predicted octanol–water partition coefficient (Wildman–Crippen LogP) is 4.98. The standard InChI is InChI=1S/C19H25FO/c1-19-10-13(11-20)18-14-5-3-2-4-12(14)6-7-15(18)16(19)8-9-17(19)21/h4,11,14-16,18H,2-3,5-10H2,1H3/b13-11+/t14-,15-,16-,18+,19-/m0/s1. The number of ketones is 1. The summed E-state index contributed by atoms with van der Waals surface area (Å²) in [6.45, 7) is 2.11. The van der Waals surface area contributed by atoms with Crippen molar-refractivity contribution in [2.75, 3.05) is 0 Å². The van der Waals surface area contributed by atoms with Gasteiger partial charge in [-0.2, -0.15) is 0 Å². The van der Waals surface area contributed by atoms with Crippen LogP contribution in [0.2, 0.25) is 0 Å². The number of Topliss-reactive ketones (excluding diaryl/α,β-unsaturated/α-hetero) is 1. The first-order valence-corrected chi connectivity index (χ1v) is 8.66. The summed E-state index contributed by atoms with van der Waals surface area (Å²) < 4.78 is 13.7. The minimum absolute atomic E-state index is 0.269. The predicted molar refractivity (Wildman–Crippen MR) is 81.3 cm³/mol. The second-order valence-electron chi connectivity index (χ2n) is 7.89. The molecule has 0 aromatic rings. The Labute approximate surface area is 126 Å². The van der Waals surface area contributed by atoms with Gasteiger partial charge in [-0.25, -0.2) is 4.39 Å². The number of fused-ring (bicyclic) bond motifs is 5. The number of carbonyl (C=O) groups excluding carboxylic acids is 1.